The maximum Gasteiger partial charge on any atom is 0.220 e. The lowest BCUT2D eigenvalue weighted by Crippen LogP contribution is -2.48. The molecule has 5 rings (SSSR count). The van der Waals surface area contributed by atoms with E-state index in [-0.39, 0.29) is 17.6 Å². The van der Waals surface area contributed by atoms with Crippen LogP contribution in [0.3, 0.4) is 0 Å². The fourth-order valence-corrected chi connectivity index (χ4v) is 4.10. The number of nitrogens with two attached hydrogens (primary N) is 2. The minimum atomic E-state index is -0.186. The highest BCUT2D eigenvalue weighted by molar-refractivity contribution is 6.33. The standard InChI is InChI=1S/C17H20ClN7.C5H10O2/c1-17(20)4-6-24(7-5-17)11-2-3-14-12(8-22-25(14)10-11)15-13(18)9-21-16(19)23-15;6-5-2-1-3-7-4-5/h2-3,8-10H,4-7,20H2,1H3,(H2,19,21,23);5-6H,1-4H2. The molecule has 0 aliphatic carbocycles. The van der Waals surface area contributed by atoms with Crippen LogP contribution in [-0.2, 0) is 4.74 Å². The summed E-state index contributed by atoms with van der Waals surface area (Å²) < 4.78 is 6.77. The summed E-state index contributed by atoms with van der Waals surface area (Å²) in [4.78, 5) is 10.5. The highest BCUT2D eigenvalue weighted by Crippen LogP contribution is 2.31. The molecule has 3 aromatic rings. The number of hydrogen-bond acceptors (Lipinski definition) is 8. The fraction of sp³-hybridized carbons (Fsp3) is 0.500. The second kappa shape index (κ2) is 9.58. The number of nitrogens with zero attached hydrogens (tertiary/aromatic N) is 5. The van der Waals surface area contributed by atoms with Crippen molar-refractivity contribution < 1.29 is 9.84 Å². The van der Waals surface area contributed by atoms with Crippen molar-refractivity contribution in [1.29, 1.82) is 0 Å². The van der Waals surface area contributed by atoms with E-state index in [0.29, 0.717) is 17.3 Å². The van der Waals surface area contributed by atoms with Crippen LogP contribution in [0.15, 0.2) is 30.7 Å². The van der Waals surface area contributed by atoms with Crippen molar-refractivity contribution in [2.24, 2.45) is 5.73 Å². The predicted molar refractivity (Wildman–Crippen MR) is 126 cm³/mol. The molecule has 2 fully saturated rings. The van der Waals surface area contributed by atoms with E-state index in [1.54, 1.807) is 6.20 Å². The van der Waals surface area contributed by atoms with Crippen LogP contribution in [0.25, 0.3) is 16.8 Å². The Bertz CT molecular complexity index is 1060. The number of pyridine rings is 1. The molecule has 0 radical (unpaired) electrons. The van der Waals surface area contributed by atoms with E-state index in [1.165, 1.54) is 6.20 Å². The van der Waals surface area contributed by atoms with E-state index >= 15 is 0 Å². The first-order chi connectivity index (χ1) is 15.3. The SMILES string of the molecule is CC1(N)CCN(c2ccc3c(-c4nc(N)ncc4Cl)cnn3c2)CC1.OC1CCCOC1. The number of halogens is 1. The summed E-state index contributed by atoms with van der Waals surface area (Å²) in [5, 5.41) is 13.7. The first kappa shape index (κ1) is 22.7. The largest absolute Gasteiger partial charge is 0.391 e. The molecule has 10 heteroatoms. The van der Waals surface area contributed by atoms with Crippen LogP contribution in [0.2, 0.25) is 5.02 Å². The van der Waals surface area contributed by atoms with E-state index in [1.807, 2.05) is 16.8 Å². The first-order valence-corrected chi connectivity index (χ1v) is 11.3. The van der Waals surface area contributed by atoms with Gasteiger partial charge in [0.15, 0.2) is 0 Å². The quantitative estimate of drug-likeness (QED) is 0.533. The van der Waals surface area contributed by atoms with Crippen molar-refractivity contribution >= 4 is 28.8 Å². The van der Waals surface area contributed by atoms with Gasteiger partial charge in [0.1, 0.15) is 0 Å². The summed E-state index contributed by atoms with van der Waals surface area (Å²) in [6.45, 7) is 5.38. The molecule has 2 saturated heterocycles. The van der Waals surface area contributed by atoms with Gasteiger partial charge in [-0.05, 0) is 44.7 Å². The Morgan fingerprint density at radius 1 is 1.25 bits per heavy atom. The van der Waals surface area contributed by atoms with E-state index in [0.717, 1.165) is 62.1 Å². The second-order valence-corrected chi connectivity index (χ2v) is 9.12. The van der Waals surface area contributed by atoms with Crippen LogP contribution in [0.1, 0.15) is 32.6 Å². The molecule has 1 atom stereocenters. The third kappa shape index (κ3) is 5.29. The zero-order valence-corrected chi connectivity index (χ0v) is 19.0. The van der Waals surface area contributed by atoms with Crippen molar-refractivity contribution in [2.75, 3.05) is 36.9 Å². The average Bonchev–Trinajstić information content (AvgIpc) is 3.19. The van der Waals surface area contributed by atoms with Gasteiger partial charge in [-0.3, -0.25) is 0 Å². The number of aromatic nitrogens is 4. The van der Waals surface area contributed by atoms with Gasteiger partial charge in [-0.1, -0.05) is 11.6 Å². The molecule has 32 heavy (non-hydrogen) atoms. The maximum atomic E-state index is 8.78. The zero-order valence-electron chi connectivity index (χ0n) is 18.2. The highest BCUT2D eigenvalue weighted by Gasteiger charge is 2.26. The Hall–Kier alpha value is -2.46. The lowest BCUT2D eigenvalue weighted by Gasteiger charge is -2.37. The molecule has 1 unspecified atom stereocenters. The van der Waals surface area contributed by atoms with Crippen LogP contribution in [0, 0.1) is 0 Å². The summed E-state index contributed by atoms with van der Waals surface area (Å²) in [5.74, 6) is 0.188. The molecular weight excluding hydrogens is 430 g/mol. The predicted octanol–water partition coefficient (Wildman–Crippen LogP) is 2.50. The lowest BCUT2D eigenvalue weighted by molar-refractivity contribution is -0.00535. The second-order valence-electron chi connectivity index (χ2n) is 8.71. The van der Waals surface area contributed by atoms with Crippen LogP contribution in [-0.4, -0.2) is 62.6 Å². The lowest BCUT2D eigenvalue weighted by atomic mass is 9.91. The molecule has 2 aliphatic rings. The third-order valence-electron chi connectivity index (χ3n) is 5.93. The number of ether oxygens (including phenoxy) is 1. The van der Waals surface area contributed by atoms with Gasteiger partial charge in [0, 0.05) is 30.8 Å². The summed E-state index contributed by atoms with van der Waals surface area (Å²) >= 11 is 6.23. The minimum Gasteiger partial charge on any atom is -0.391 e. The fourth-order valence-electron chi connectivity index (χ4n) is 3.91. The van der Waals surface area contributed by atoms with Crippen molar-refractivity contribution in [3.63, 3.8) is 0 Å². The average molecular weight is 460 g/mol. The number of rotatable bonds is 2. The minimum absolute atomic E-state index is 0.0663. The first-order valence-electron chi connectivity index (χ1n) is 10.9. The number of anilines is 2. The van der Waals surface area contributed by atoms with Gasteiger partial charge in [-0.15, -0.1) is 0 Å². The number of aliphatic hydroxyl groups is 1. The molecule has 5 heterocycles. The van der Waals surface area contributed by atoms with Gasteiger partial charge in [-0.2, -0.15) is 5.10 Å². The normalized spacial score (nSPS) is 20.6. The van der Waals surface area contributed by atoms with Gasteiger partial charge >= 0.3 is 0 Å². The number of aliphatic hydroxyl groups excluding tert-OH is 1. The maximum absolute atomic E-state index is 8.78. The number of hydrogen-bond donors (Lipinski definition) is 3. The Kier molecular flexibility index (Phi) is 6.80. The number of nitrogen functional groups attached to an aromatic ring is 1. The zero-order chi connectivity index (χ0) is 22.7. The topological polar surface area (TPSA) is 128 Å². The summed E-state index contributed by atoms with van der Waals surface area (Å²) in [6, 6.07) is 4.13. The van der Waals surface area contributed by atoms with Gasteiger partial charge in [0.2, 0.25) is 5.95 Å². The van der Waals surface area contributed by atoms with Crippen molar-refractivity contribution in [3.8, 4) is 11.3 Å². The van der Waals surface area contributed by atoms with Crippen molar-refractivity contribution in [3.05, 3.63) is 35.7 Å². The molecule has 5 N–H and O–H groups in total. The molecule has 0 saturated carbocycles. The third-order valence-corrected chi connectivity index (χ3v) is 6.20. The Morgan fingerprint density at radius 3 is 2.69 bits per heavy atom. The molecule has 0 amide bonds. The van der Waals surface area contributed by atoms with Gasteiger partial charge in [-0.25, -0.2) is 14.5 Å². The molecular formula is C22H30ClN7O2. The van der Waals surface area contributed by atoms with E-state index < -0.39 is 0 Å². The molecule has 0 bridgehead atoms. The van der Waals surface area contributed by atoms with E-state index in [4.69, 9.17) is 32.9 Å². The van der Waals surface area contributed by atoms with Crippen molar-refractivity contribution in [2.45, 2.75) is 44.2 Å². The molecule has 172 valence electrons. The van der Waals surface area contributed by atoms with Gasteiger partial charge < -0.3 is 26.2 Å². The summed E-state index contributed by atoms with van der Waals surface area (Å²) in [7, 11) is 0. The van der Waals surface area contributed by atoms with Crippen LogP contribution < -0.4 is 16.4 Å². The molecule has 2 aliphatic heterocycles. The highest BCUT2D eigenvalue weighted by atomic mass is 35.5. The molecule has 0 aromatic carbocycles. The van der Waals surface area contributed by atoms with Gasteiger partial charge in [0.05, 0.1) is 53.2 Å². The molecule has 0 spiro atoms. The van der Waals surface area contributed by atoms with Crippen LogP contribution >= 0.6 is 11.6 Å². The Balaban J connectivity index is 0.000000300. The van der Waals surface area contributed by atoms with E-state index in [9.17, 15) is 0 Å². The summed E-state index contributed by atoms with van der Waals surface area (Å²) in [6.07, 6.45) is 8.98. The summed E-state index contributed by atoms with van der Waals surface area (Å²) in [5.41, 5.74) is 15.3. The smallest absolute Gasteiger partial charge is 0.220 e. The van der Waals surface area contributed by atoms with Crippen LogP contribution in [0.4, 0.5) is 11.6 Å². The van der Waals surface area contributed by atoms with Crippen LogP contribution in [0.5, 0.6) is 0 Å². The molecule has 9 nitrogen and oxygen atoms in total. The Morgan fingerprint density at radius 2 is 2.03 bits per heavy atom. The monoisotopic (exact) mass is 459 g/mol. The number of piperidine rings is 1. The van der Waals surface area contributed by atoms with Crippen molar-refractivity contribution in [1.82, 2.24) is 19.6 Å². The van der Waals surface area contributed by atoms with Gasteiger partial charge in [0.25, 0.3) is 0 Å². The number of fused-ring (bicyclic) bond motifs is 1. The molecule has 3 aromatic heterocycles. The van der Waals surface area contributed by atoms with E-state index in [2.05, 4.69) is 33.0 Å². The Labute approximate surface area is 192 Å².